The van der Waals surface area contributed by atoms with Crippen molar-refractivity contribution >= 4 is 22.0 Å². The van der Waals surface area contributed by atoms with Crippen molar-refractivity contribution in [1.29, 1.82) is 0 Å². The lowest BCUT2D eigenvalue weighted by Crippen LogP contribution is -2.46. The van der Waals surface area contributed by atoms with Crippen molar-refractivity contribution in [3.63, 3.8) is 0 Å². The normalized spacial score (nSPS) is 15.1. The molecule has 0 unspecified atom stereocenters. The van der Waals surface area contributed by atoms with E-state index in [-0.39, 0.29) is 0 Å². The molecule has 1 fully saturated rings. The van der Waals surface area contributed by atoms with Crippen LogP contribution in [0.2, 0.25) is 0 Å². The summed E-state index contributed by atoms with van der Waals surface area (Å²) in [7, 11) is 1.67. The lowest BCUT2D eigenvalue weighted by atomic mass is 10.2. The smallest absolute Gasteiger partial charge is 0.235 e. The van der Waals surface area contributed by atoms with E-state index in [4.69, 9.17) is 9.84 Å². The summed E-state index contributed by atoms with van der Waals surface area (Å²) in [6.45, 7) is 4.79. The Morgan fingerprint density at radius 2 is 1.69 bits per heavy atom. The summed E-state index contributed by atoms with van der Waals surface area (Å²) in [6, 6.07) is 18.5. The molecule has 2 aromatic carbocycles. The van der Waals surface area contributed by atoms with E-state index >= 15 is 0 Å². The molecule has 29 heavy (non-hydrogen) atoms. The largest absolute Gasteiger partial charge is 0.497 e. The number of aromatic nitrogens is 4. The van der Waals surface area contributed by atoms with Crippen LogP contribution >= 0.6 is 11.3 Å². The second-order valence-corrected chi connectivity index (χ2v) is 8.00. The first-order valence-corrected chi connectivity index (χ1v) is 10.5. The number of piperazine rings is 1. The maximum absolute atomic E-state index is 5.23. The quantitative estimate of drug-likeness (QED) is 0.507. The monoisotopic (exact) mass is 406 g/mol. The van der Waals surface area contributed by atoms with E-state index < -0.39 is 0 Å². The molecule has 0 radical (unpaired) electrons. The van der Waals surface area contributed by atoms with Crippen molar-refractivity contribution in [3.05, 3.63) is 60.4 Å². The zero-order chi connectivity index (χ0) is 19.6. The molecule has 1 aliphatic heterocycles. The average molecular weight is 407 g/mol. The Morgan fingerprint density at radius 3 is 2.41 bits per heavy atom. The molecular weight excluding hydrogens is 384 g/mol. The first-order valence-electron chi connectivity index (χ1n) is 9.68. The van der Waals surface area contributed by atoms with Crippen molar-refractivity contribution in [3.8, 4) is 16.3 Å². The van der Waals surface area contributed by atoms with Crippen LogP contribution in [0.5, 0.6) is 5.75 Å². The second kappa shape index (κ2) is 7.81. The highest BCUT2D eigenvalue weighted by atomic mass is 32.1. The van der Waals surface area contributed by atoms with Crippen LogP contribution in [0.15, 0.2) is 54.6 Å². The molecule has 0 spiro atoms. The topological polar surface area (TPSA) is 58.8 Å². The van der Waals surface area contributed by atoms with E-state index in [2.05, 4.69) is 50.3 Å². The molecule has 7 nitrogen and oxygen atoms in total. The van der Waals surface area contributed by atoms with Gasteiger partial charge in [-0.15, -0.1) is 10.2 Å². The van der Waals surface area contributed by atoms with Crippen molar-refractivity contribution in [1.82, 2.24) is 24.7 Å². The lowest BCUT2D eigenvalue weighted by Gasteiger charge is -2.35. The fourth-order valence-electron chi connectivity index (χ4n) is 3.61. The SMILES string of the molecule is COc1ccc(-c2nn3c(CN4CCN(c5ccccc5)CC4)nnc3s2)cc1. The standard InChI is InChI=1S/C21H22N6OS/c1-28-18-9-7-16(8-10-18)20-24-27-19(22-23-21(27)29-20)15-25-11-13-26(14-12-25)17-5-3-2-4-6-17/h2-10H,11-15H2,1H3. The predicted octanol–water partition coefficient (Wildman–Crippen LogP) is 3.18. The lowest BCUT2D eigenvalue weighted by molar-refractivity contribution is 0.242. The molecule has 5 rings (SSSR count). The summed E-state index contributed by atoms with van der Waals surface area (Å²) in [5.41, 5.74) is 2.35. The summed E-state index contributed by atoms with van der Waals surface area (Å²) in [5.74, 6) is 1.73. The first kappa shape index (κ1) is 18.1. The van der Waals surface area contributed by atoms with Gasteiger partial charge in [-0.25, -0.2) is 0 Å². The van der Waals surface area contributed by atoms with Crippen LogP contribution in [0.1, 0.15) is 5.82 Å². The highest BCUT2D eigenvalue weighted by molar-refractivity contribution is 7.19. The molecule has 3 heterocycles. The summed E-state index contributed by atoms with van der Waals surface area (Å²) < 4.78 is 7.12. The van der Waals surface area contributed by atoms with E-state index in [0.29, 0.717) is 0 Å². The van der Waals surface area contributed by atoms with Gasteiger partial charge in [0.05, 0.1) is 13.7 Å². The Kier molecular flexibility index (Phi) is 4.87. The Hall–Kier alpha value is -2.97. The minimum atomic E-state index is 0.760. The number of hydrogen-bond acceptors (Lipinski definition) is 7. The second-order valence-electron chi connectivity index (χ2n) is 7.05. The van der Waals surface area contributed by atoms with Crippen LogP contribution in [0, 0.1) is 0 Å². The fourth-order valence-corrected chi connectivity index (χ4v) is 4.47. The Labute approximate surface area is 173 Å². The summed E-state index contributed by atoms with van der Waals surface area (Å²) in [5, 5.41) is 14.4. The molecule has 0 bridgehead atoms. The molecule has 0 saturated carbocycles. The van der Waals surface area contributed by atoms with Crippen molar-refractivity contribution in [2.24, 2.45) is 0 Å². The molecule has 148 valence electrons. The minimum Gasteiger partial charge on any atom is -0.497 e. The Balaban J connectivity index is 1.28. The van der Waals surface area contributed by atoms with Crippen LogP contribution < -0.4 is 9.64 Å². The molecule has 0 N–H and O–H groups in total. The Bertz CT molecular complexity index is 1080. The maximum Gasteiger partial charge on any atom is 0.235 e. The number of fused-ring (bicyclic) bond motifs is 1. The molecule has 1 saturated heterocycles. The number of methoxy groups -OCH3 is 1. The van der Waals surface area contributed by atoms with Gasteiger partial charge in [0.15, 0.2) is 5.82 Å². The third-order valence-electron chi connectivity index (χ3n) is 5.25. The molecule has 8 heteroatoms. The third kappa shape index (κ3) is 3.68. The van der Waals surface area contributed by atoms with Crippen molar-refractivity contribution in [2.45, 2.75) is 6.54 Å². The number of rotatable bonds is 5. The molecule has 0 amide bonds. The Morgan fingerprint density at radius 1 is 0.931 bits per heavy atom. The molecular formula is C21H22N6OS. The van der Waals surface area contributed by atoms with Crippen molar-refractivity contribution < 1.29 is 4.74 Å². The van der Waals surface area contributed by atoms with E-state index in [9.17, 15) is 0 Å². The number of nitrogens with zero attached hydrogens (tertiary/aromatic N) is 6. The summed E-state index contributed by atoms with van der Waals surface area (Å²) in [6.07, 6.45) is 0. The van der Waals surface area contributed by atoms with Crippen LogP contribution in [-0.2, 0) is 6.54 Å². The highest BCUT2D eigenvalue weighted by Crippen LogP contribution is 2.27. The maximum atomic E-state index is 5.23. The number of para-hydroxylation sites is 1. The highest BCUT2D eigenvalue weighted by Gasteiger charge is 2.20. The minimum absolute atomic E-state index is 0.760. The molecule has 0 aliphatic carbocycles. The van der Waals surface area contributed by atoms with Crippen LogP contribution in [0.25, 0.3) is 15.5 Å². The summed E-state index contributed by atoms with van der Waals surface area (Å²) >= 11 is 1.56. The van der Waals surface area contributed by atoms with Gasteiger partial charge in [0.2, 0.25) is 4.96 Å². The van der Waals surface area contributed by atoms with Gasteiger partial charge in [-0.3, -0.25) is 4.90 Å². The van der Waals surface area contributed by atoms with Gasteiger partial charge in [-0.1, -0.05) is 29.5 Å². The van der Waals surface area contributed by atoms with Crippen LogP contribution in [0.3, 0.4) is 0 Å². The molecule has 4 aromatic rings. The fraction of sp³-hybridized carbons (Fsp3) is 0.286. The number of ether oxygens (including phenoxy) is 1. The van der Waals surface area contributed by atoms with Gasteiger partial charge in [0.1, 0.15) is 10.8 Å². The van der Waals surface area contributed by atoms with E-state index in [0.717, 1.165) is 59.8 Å². The zero-order valence-corrected chi connectivity index (χ0v) is 17.0. The van der Waals surface area contributed by atoms with E-state index in [1.54, 1.807) is 18.4 Å². The zero-order valence-electron chi connectivity index (χ0n) is 16.2. The molecule has 0 atom stereocenters. The van der Waals surface area contributed by atoms with Gasteiger partial charge in [-0.05, 0) is 36.4 Å². The number of benzene rings is 2. The van der Waals surface area contributed by atoms with Gasteiger partial charge in [0.25, 0.3) is 0 Å². The van der Waals surface area contributed by atoms with Gasteiger partial charge < -0.3 is 9.64 Å². The number of hydrogen-bond donors (Lipinski definition) is 0. The summed E-state index contributed by atoms with van der Waals surface area (Å²) in [4.78, 5) is 5.68. The van der Waals surface area contributed by atoms with E-state index in [1.165, 1.54) is 5.69 Å². The van der Waals surface area contributed by atoms with Crippen LogP contribution in [0.4, 0.5) is 5.69 Å². The van der Waals surface area contributed by atoms with Crippen molar-refractivity contribution in [2.75, 3.05) is 38.2 Å². The molecule has 2 aromatic heterocycles. The van der Waals surface area contributed by atoms with Crippen LogP contribution in [-0.4, -0.2) is 58.0 Å². The van der Waals surface area contributed by atoms with Gasteiger partial charge >= 0.3 is 0 Å². The average Bonchev–Trinajstić information content (AvgIpc) is 3.37. The van der Waals surface area contributed by atoms with Gasteiger partial charge in [0, 0.05) is 37.4 Å². The molecule has 1 aliphatic rings. The first-order chi connectivity index (χ1) is 14.3. The van der Waals surface area contributed by atoms with Gasteiger partial charge in [-0.2, -0.15) is 9.61 Å². The third-order valence-corrected chi connectivity index (χ3v) is 6.20. The predicted molar refractivity (Wildman–Crippen MR) is 115 cm³/mol. The number of anilines is 1. The van der Waals surface area contributed by atoms with E-state index in [1.807, 2.05) is 28.8 Å².